The van der Waals surface area contributed by atoms with Crippen LogP contribution in [0.3, 0.4) is 0 Å². The SMILES string of the molecule is Cc1ccccc1-n1c(CC2CCN(C(=O)CCCCc3ccccc3)CC2)n[nH]c1=O. The molecule has 3 aromatic rings. The van der Waals surface area contributed by atoms with Crippen molar-refractivity contribution in [3.8, 4) is 5.69 Å². The molecule has 1 N–H and O–H groups in total. The van der Waals surface area contributed by atoms with Crippen LogP contribution in [0.15, 0.2) is 59.4 Å². The Morgan fingerprint density at radius 3 is 2.50 bits per heavy atom. The number of rotatable bonds is 8. The van der Waals surface area contributed by atoms with E-state index in [4.69, 9.17) is 0 Å². The average Bonchev–Trinajstić information content (AvgIpc) is 3.18. The summed E-state index contributed by atoms with van der Waals surface area (Å²) in [5, 5.41) is 6.91. The van der Waals surface area contributed by atoms with Crippen LogP contribution in [-0.4, -0.2) is 38.7 Å². The van der Waals surface area contributed by atoms with Crippen molar-refractivity contribution in [2.75, 3.05) is 13.1 Å². The second-order valence-electron chi connectivity index (χ2n) is 8.79. The molecule has 4 rings (SSSR count). The Labute approximate surface area is 189 Å². The number of hydrogen-bond donors (Lipinski definition) is 1. The summed E-state index contributed by atoms with van der Waals surface area (Å²) in [4.78, 5) is 27.0. The monoisotopic (exact) mass is 432 g/mol. The van der Waals surface area contributed by atoms with Crippen LogP contribution in [0.1, 0.15) is 49.1 Å². The molecule has 1 aliphatic heterocycles. The minimum absolute atomic E-state index is 0.197. The van der Waals surface area contributed by atoms with Gasteiger partial charge in [0, 0.05) is 25.9 Å². The molecule has 0 radical (unpaired) electrons. The second-order valence-corrected chi connectivity index (χ2v) is 8.79. The molecule has 32 heavy (non-hydrogen) atoms. The van der Waals surface area contributed by atoms with Crippen LogP contribution in [0, 0.1) is 12.8 Å². The van der Waals surface area contributed by atoms with Gasteiger partial charge >= 0.3 is 5.69 Å². The molecule has 0 bridgehead atoms. The summed E-state index contributed by atoms with van der Waals surface area (Å²) in [6, 6.07) is 18.3. The van der Waals surface area contributed by atoms with Crippen molar-refractivity contribution in [3.05, 3.63) is 82.0 Å². The Hall–Kier alpha value is -3.15. The molecular weight excluding hydrogens is 400 g/mol. The lowest BCUT2D eigenvalue weighted by molar-refractivity contribution is -0.132. The van der Waals surface area contributed by atoms with E-state index >= 15 is 0 Å². The van der Waals surface area contributed by atoms with Gasteiger partial charge in [-0.25, -0.2) is 14.5 Å². The number of benzene rings is 2. The largest absolute Gasteiger partial charge is 0.347 e. The standard InChI is InChI=1S/C26H32N4O2/c1-20-9-5-7-13-23(20)30-24(27-28-26(30)32)19-22-15-17-29(18-16-22)25(31)14-8-6-12-21-10-3-2-4-11-21/h2-5,7,9-11,13,22H,6,8,12,14-19H2,1H3,(H,28,32). The fraction of sp³-hybridized carbons (Fsp3) is 0.423. The van der Waals surface area contributed by atoms with Crippen LogP contribution < -0.4 is 5.69 Å². The van der Waals surface area contributed by atoms with Crippen molar-refractivity contribution in [3.63, 3.8) is 0 Å². The Morgan fingerprint density at radius 1 is 1.03 bits per heavy atom. The van der Waals surface area contributed by atoms with Gasteiger partial charge in [-0.05, 0) is 62.1 Å². The van der Waals surface area contributed by atoms with Gasteiger partial charge in [0.1, 0.15) is 5.82 Å². The van der Waals surface area contributed by atoms with Crippen molar-refractivity contribution in [1.82, 2.24) is 19.7 Å². The molecule has 1 fully saturated rings. The van der Waals surface area contributed by atoms with E-state index in [0.29, 0.717) is 12.3 Å². The van der Waals surface area contributed by atoms with E-state index in [9.17, 15) is 9.59 Å². The number of aromatic amines is 1. The molecule has 1 aliphatic rings. The van der Waals surface area contributed by atoms with Gasteiger partial charge in [0.25, 0.3) is 0 Å². The van der Waals surface area contributed by atoms with E-state index in [2.05, 4.69) is 34.5 Å². The molecule has 168 valence electrons. The lowest BCUT2D eigenvalue weighted by Gasteiger charge is -2.32. The number of para-hydroxylation sites is 1. The maximum absolute atomic E-state index is 12.6. The zero-order valence-corrected chi connectivity index (χ0v) is 18.8. The lowest BCUT2D eigenvalue weighted by atomic mass is 9.93. The molecule has 6 heteroatoms. The highest BCUT2D eigenvalue weighted by Gasteiger charge is 2.25. The lowest BCUT2D eigenvalue weighted by Crippen LogP contribution is -2.39. The van der Waals surface area contributed by atoms with Crippen LogP contribution in [0.2, 0.25) is 0 Å². The highest BCUT2D eigenvalue weighted by molar-refractivity contribution is 5.76. The third-order valence-electron chi connectivity index (χ3n) is 6.49. The second kappa shape index (κ2) is 10.4. The number of amides is 1. The summed E-state index contributed by atoms with van der Waals surface area (Å²) in [5.41, 5.74) is 3.06. The number of nitrogens with zero attached hydrogens (tertiary/aromatic N) is 3. The van der Waals surface area contributed by atoms with E-state index in [-0.39, 0.29) is 11.6 Å². The molecule has 1 amide bonds. The molecule has 6 nitrogen and oxygen atoms in total. The molecule has 1 aromatic heterocycles. The van der Waals surface area contributed by atoms with Gasteiger partial charge < -0.3 is 4.90 Å². The third kappa shape index (κ3) is 5.36. The van der Waals surface area contributed by atoms with Crippen molar-refractivity contribution in [2.45, 2.75) is 51.9 Å². The van der Waals surface area contributed by atoms with E-state index < -0.39 is 0 Å². The molecular formula is C26H32N4O2. The summed E-state index contributed by atoms with van der Waals surface area (Å²) >= 11 is 0. The van der Waals surface area contributed by atoms with Crippen molar-refractivity contribution in [2.24, 2.45) is 5.92 Å². The van der Waals surface area contributed by atoms with Gasteiger partial charge in [0.2, 0.25) is 5.91 Å². The minimum atomic E-state index is -0.197. The first-order valence-corrected chi connectivity index (χ1v) is 11.7. The fourth-order valence-electron chi connectivity index (χ4n) is 4.58. The zero-order chi connectivity index (χ0) is 22.3. The maximum atomic E-state index is 12.6. The molecule has 2 heterocycles. The zero-order valence-electron chi connectivity index (χ0n) is 18.8. The first-order valence-electron chi connectivity index (χ1n) is 11.7. The van der Waals surface area contributed by atoms with E-state index in [1.807, 2.05) is 42.2 Å². The molecule has 0 unspecified atom stereocenters. The number of nitrogens with one attached hydrogen (secondary N) is 1. The van der Waals surface area contributed by atoms with Gasteiger partial charge in [0.05, 0.1) is 5.69 Å². The predicted molar refractivity (Wildman–Crippen MR) is 126 cm³/mol. The van der Waals surface area contributed by atoms with Gasteiger partial charge in [-0.1, -0.05) is 48.5 Å². The molecule has 2 aromatic carbocycles. The Morgan fingerprint density at radius 2 is 1.75 bits per heavy atom. The van der Waals surface area contributed by atoms with Crippen LogP contribution in [0.25, 0.3) is 5.69 Å². The van der Waals surface area contributed by atoms with Crippen LogP contribution in [0.5, 0.6) is 0 Å². The van der Waals surface area contributed by atoms with Crippen LogP contribution in [0.4, 0.5) is 0 Å². The summed E-state index contributed by atoms with van der Waals surface area (Å²) < 4.78 is 1.69. The molecule has 0 aliphatic carbocycles. The summed E-state index contributed by atoms with van der Waals surface area (Å²) in [6.07, 6.45) is 6.28. The number of H-pyrrole nitrogens is 1. The number of carbonyl (C=O) groups excluding carboxylic acids is 1. The smallest absolute Gasteiger partial charge is 0.343 e. The minimum Gasteiger partial charge on any atom is -0.343 e. The highest BCUT2D eigenvalue weighted by Crippen LogP contribution is 2.23. The van der Waals surface area contributed by atoms with Gasteiger partial charge in [0.15, 0.2) is 0 Å². The number of carbonyl (C=O) groups is 1. The predicted octanol–water partition coefficient (Wildman–Crippen LogP) is 4.06. The summed E-state index contributed by atoms with van der Waals surface area (Å²) in [7, 11) is 0. The van der Waals surface area contributed by atoms with E-state index in [0.717, 1.165) is 68.7 Å². The first kappa shape index (κ1) is 22.1. The molecule has 1 saturated heterocycles. The number of aryl methyl sites for hydroxylation is 2. The fourth-order valence-corrected chi connectivity index (χ4v) is 4.58. The molecule has 0 saturated carbocycles. The molecule has 0 atom stereocenters. The Balaban J connectivity index is 1.25. The number of hydrogen-bond acceptors (Lipinski definition) is 3. The van der Waals surface area contributed by atoms with Gasteiger partial charge in [-0.2, -0.15) is 5.10 Å². The Bertz CT molecular complexity index is 1080. The van der Waals surface area contributed by atoms with Gasteiger partial charge in [-0.3, -0.25) is 4.79 Å². The van der Waals surface area contributed by atoms with Crippen molar-refractivity contribution >= 4 is 5.91 Å². The normalized spacial score (nSPS) is 14.6. The molecule has 0 spiro atoms. The highest BCUT2D eigenvalue weighted by atomic mass is 16.2. The van der Waals surface area contributed by atoms with Gasteiger partial charge in [-0.15, -0.1) is 0 Å². The number of piperidine rings is 1. The third-order valence-corrected chi connectivity index (χ3v) is 6.49. The summed E-state index contributed by atoms with van der Waals surface area (Å²) in [5.74, 6) is 1.47. The van der Waals surface area contributed by atoms with Crippen molar-refractivity contribution < 1.29 is 4.79 Å². The van der Waals surface area contributed by atoms with E-state index in [1.54, 1.807) is 4.57 Å². The number of unbranched alkanes of at least 4 members (excludes halogenated alkanes) is 1. The topological polar surface area (TPSA) is 71.0 Å². The maximum Gasteiger partial charge on any atom is 0.347 e. The first-order chi connectivity index (χ1) is 15.6. The summed E-state index contributed by atoms with van der Waals surface area (Å²) in [6.45, 7) is 3.59. The Kier molecular flexibility index (Phi) is 7.20. The van der Waals surface area contributed by atoms with Crippen molar-refractivity contribution in [1.29, 1.82) is 0 Å². The van der Waals surface area contributed by atoms with E-state index in [1.165, 1.54) is 5.56 Å². The average molecular weight is 433 g/mol. The number of likely N-dealkylation sites (tertiary alicyclic amines) is 1. The van der Waals surface area contributed by atoms with Crippen LogP contribution in [-0.2, 0) is 17.6 Å². The quantitative estimate of drug-likeness (QED) is 0.546. The number of aromatic nitrogens is 3. The van der Waals surface area contributed by atoms with Crippen LogP contribution >= 0.6 is 0 Å².